The summed E-state index contributed by atoms with van der Waals surface area (Å²) in [5, 5.41) is 3.26. The number of likely N-dealkylation sites (N-methyl/N-ethyl adjacent to an activating group) is 1. The molecule has 1 unspecified atom stereocenters. The Morgan fingerprint density at radius 1 is 1.39 bits per heavy atom. The number of amides is 1. The Hall–Kier alpha value is -0.770. The van der Waals surface area contributed by atoms with Crippen molar-refractivity contribution in [2.75, 3.05) is 26.7 Å². The number of cyclic esters (lactones) is 1. The summed E-state index contributed by atoms with van der Waals surface area (Å²) in [6.07, 6.45) is 2.01. The molecule has 18 heavy (non-hydrogen) atoms. The van der Waals surface area contributed by atoms with E-state index in [-0.39, 0.29) is 11.5 Å². The lowest BCUT2D eigenvalue weighted by Crippen LogP contribution is -2.50. The molecule has 1 heterocycles. The van der Waals surface area contributed by atoms with Crippen molar-refractivity contribution in [1.82, 2.24) is 10.2 Å². The van der Waals surface area contributed by atoms with Crippen LogP contribution in [0.15, 0.2) is 0 Å². The Morgan fingerprint density at radius 3 is 2.33 bits per heavy atom. The Balaban J connectivity index is 0.000000873. The molecule has 0 saturated carbocycles. The van der Waals surface area contributed by atoms with Gasteiger partial charge in [0.15, 0.2) is 0 Å². The highest BCUT2D eigenvalue weighted by Gasteiger charge is 2.28. The molecule has 0 spiro atoms. The number of hydrogen-bond donors (Lipinski definition) is 1. The molecule has 0 aromatic rings. The zero-order valence-corrected chi connectivity index (χ0v) is 12.9. The molecule has 0 aromatic heterocycles. The van der Waals surface area contributed by atoms with Gasteiger partial charge in [0.2, 0.25) is 0 Å². The monoisotopic (exact) mass is 258 g/mol. The molecule has 1 aliphatic heterocycles. The molecule has 1 fully saturated rings. The molecule has 4 nitrogen and oxygen atoms in total. The first kappa shape index (κ1) is 17.2. The minimum absolute atomic E-state index is 0.145. The van der Waals surface area contributed by atoms with E-state index >= 15 is 0 Å². The van der Waals surface area contributed by atoms with E-state index in [9.17, 15) is 4.79 Å². The third-order valence-corrected chi connectivity index (χ3v) is 2.85. The van der Waals surface area contributed by atoms with E-state index < -0.39 is 0 Å². The van der Waals surface area contributed by atoms with Crippen LogP contribution in [0, 0.1) is 5.41 Å². The number of ether oxygens (including phenoxy) is 1. The topological polar surface area (TPSA) is 41.6 Å². The summed E-state index contributed by atoms with van der Waals surface area (Å²) in [5.74, 6) is 0. The zero-order chi connectivity index (χ0) is 14.2. The standard InChI is InChI=1S/C11H22N2O2.C3H8/c1-11(2,3)9(12-4)8-13-6-5-7-15-10(13)14;1-3-2/h9,12H,5-8H2,1-4H3;3H2,1-2H3. The van der Waals surface area contributed by atoms with Gasteiger partial charge in [-0.1, -0.05) is 41.0 Å². The van der Waals surface area contributed by atoms with Crippen molar-refractivity contribution in [3.8, 4) is 0 Å². The largest absolute Gasteiger partial charge is 0.449 e. The molecule has 0 aromatic carbocycles. The van der Waals surface area contributed by atoms with Crippen LogP contribution in [0.4, 0.5) is 4.79 Å². The van der Waals surface area contributed by atoms with E-state index in [1.807, 2.05) is 7.05 Å². The van der Waals surface area contributed by atoms with E-state index in [2.05, 4.69) is 39.9 Å². The molecular formula is C14H30N2O2. The van der Waals surface area contributed by atoms with Crippen LogP contribution in [0.1, 0.15) is 47.5 Å². The van der Waals surface area contributed by atoms with Gasteiger partial charge in [0.1, 0.15) is 0 Å². The van der Waals surface area contributed by atoms with Gasteiger partial charge in [-0.2, -0.15) is 0 Å². The van der Waals surface area contributed by atoms with Crippen molar-refractivity contribution in [2.45, 2.75) is 53.5 Å². The summed E-state index contributed by atoms with van der Waals surface area (Å²) in [6, 6.07) is 0.295. The van der Waals surface area contributed by atoms with Crippen molar-refractivity contribution < 1.29 is 9.53 Å². The summed E-state index contributed by atoms with van der Waals surface area (Å²) in [6.45, 7) is 12.9. The van der Waals surface area contributed by atoms with Gasteiger partial charge in [-0.3, -0.25) is 0 Å². The number of rotatable bonds is 3. The maximum absolute atomic E-state index is 11.4. The van der Waals surface area contributed by atoms with Gasteiger partial charge in [-0.25, -0.2) is 4.79 Å². The molecule has 0 bridgehead atoms. The molecule has 108 valence electrons. The molecular weight excluding hydrogens is 228 g/mol. The number of nitrogens with zero attached hydrogens (tertiary/aromatic N) is 1. The lowest BCUT2D eigenvalue weighted by atomic mass is 9.86. The second kappa shape index (κ2) is 8.35. The van der Waals surface area contributed by atoms with Crippen molar-refractivity contribution in [1.29, 1.82) is 0 Å². The van der Waals surface area contributed by atoms with Crippen LogP contribution < -0.4 is 5.32 Å². The van der Waals surface area contributed by atoms with Crippen molar-refractivity contribution in [3.05, 3.63) is 0 Å². The smallest absolute Gasteiger partial charge is 0.409 e. The predicted octanol–water partition coefficient (Wildman–Crippen LogP) is 2.88. The Kier molecular flexibility index (Phi) is 8.00. The van der Waals surface area contributed by atoms with E-state index in [1.54, 1.807) is 4.90 Å². The van der Waals surface area contributed by atoms with Crippen LogP contribution in [0.5, 0.6) is 0 Å². The SMILES string of the molecule is CCC.CNC(CN1CCCOC1=O)C(C)(C)C. The van der Waals surface area contributed by atoms with Gasteiger partial charge in [0.05, 0.1) is 6.61 Å². The first-order valence-electron chi connectivity index (χ1n) is 6.95. The first-order chi connectivity index (χ1) is 8.36. The number of carbonyl (C=O) groups is 1. The van der Waals surface area contributed by atoms with Gasteiger partial charge in [-0.05, 0) is 18.9 Å². The minimum atomic E-state index is -0.175. The van der Waals surface area contributed by atoms with Gasteiger partial charge >= 0.3 is 6.09 Å². The highest BCUT2D eigenvalue weighted by atomic mass is 16.6. The fourth-order valence-electron chi connectivity index (χ4n) is 1.78. The second-order valence-corrected chi connectivity index (χ2v) is 5.83. The quantitative estimate of drug-likeness (QED) is 0.846. The highest BCUT2D eigenvalue weighted by Crippen LogP contribution is 2.20. The average molecular weight is 258 g/mol. The number of nitrogens with one attached hydrogen (secondary N) is 1. The van der Waals surface area contributed by atoms with Gasteiger partial charge in [0, 0.05) is 19.1 Å². The Labute approximate surface area is 112 Å². The van der Waals surface area contributed by atoms with E-state index in [0.29, 0.717) is 12.6 Å². The fourth-order valence-corrected chi connectivity index (χ4v) is 1.78. The molecule has 1 rings (SSSR count). The van der Waals surface area contributed by atoms with E-state index in [1.165, 1.54) is 6.42 Å². The fraction of sp³-hybridized carbons (Fsp3) is 0.929. The van der Waals surface area contributed by atoms with Crippen LogP contribution in [0.3, 0.4) is 0 Å². The average Bonchev–Trinajstić information content (AvgIpc) is 2.27. The van der Waals surface area contributed by atoms with Gasteiger partial charge < -0.3 is 15.0 Å². The van der Waals surface area contributed by atoms with Crippen LogP contribution in [0.25, 0.3) is 0 Å². The highest BCUT2D eigenvalue weighted by molar-refractivity contribution is 5.68. The van der Waals surface area contributed by atoms with E-state index in [0.717, 1.165) is 19.5 Å². The second-order valence-electron chi connectivity index (χ2n) is 5.83. The van der Waals surface area contributed by atoms with Crippen molar-refractivity contribution in [3.63, 3.8) is 0 Å². The third kappa shape index (κ3) is 6.24. The lowest BCUT2D eigenvalue weighted by molar-refractivity contribution is 0.0622. The van der Waals surface area contributed by atoms with Crippen LogP contribution in [-0.2, 0) is 4.74 Å². The Morgan fingerprint density at radius 2 is 1.94 bits per heavy atom. The summed E-state index contributed by atoms with van der Waals surface area (Å²) in [5.41, 5.74) is 0.145. The van der Waals surface area contributed by atoms with E-state index in [4.69, 9.17) is 4.74 Å². The normalized spacial score (nSPS) is 17.7. The molecule has 0 aliphatic carbocycles. The summed E-state index contributed by atoms with van der Waals surface area (Å²) >= 11 is 0. The maximum Gasteiger partial charge on any atom is 0.409 e. The van der Waals surface area contributed by atoms with Gasteiger partial charge in [-0.15, -0.1) is 0 Å². The van der Waals surface area contributed by atoms with Crippen LogP contribution in [-0.4, -0.2) is 43.8 Å². The van der Waals surface area contributed by atoms with Gasteiger partial charge in [0.25, 0.3) is 0 Å². The summed E-state index contributed by atoms with van der Waals surface area (Å²) in [7, 11) is 1.94. The van der Waals surface area contributed by atoms with Crippen molar-refractivity contribution in [2.24, 2.45) is 5.41 Å². The molecule has 1 amide bonds. The summed E-state index contributed by atoms with van der Waals surface area (Å²) < 4.78 is 5.01. The number of carbonyl (C=O) groups excluding carboxylic acids is 1. The zero-order valence-electron chi connectivity index (χ0n) is 12.9. The molecule has 1 atom stereocenters. The molecule has 4 heteroatoms. The summed E-state index contributed by atoms with van der Waals surface area (Å²) in [4.78, 5) is 13.2. The first-order valence-corrected chi connectivity index (χ1v) is 6.95. The van der Waals surface area contributed by atoms with Crippen LogP contribution >= 0.6 is 0 Å². The molecule has 1 saturated heterocycles. The molecule has 0 radical (unpaired) electrons. The molecule has 1 aliphatic rings. The van der Waals surface area contributed by atoms with Crippen LogP contribution in [0.2, 0.25) is 0 Å². The number of hydrogen-bond acceptors (Lipinski definition) is 3. The lowest BCUT2D eigenvalue weighted by Gasteiger charge is -2.36. The third-order valence-electron chi connectivity index (χ3n) is 2.85. The predicted molar refractivity (Wildman–Crippen MR) is 75.8 cm³/mol. The minimum Gasteiger partial charge on any atom is -0.449 e. The van der Waals surface area contributed by atoms with Crippen molar-refractivity contribution >= 4 is 6.09 Å². The molecule has 1 N–H and O–H groups in total. The maximum atomic E-state index is 11.4. The Bertz CT molecular complexity index is 236.